The molecule has 1 aromatic heterocycles. The molecule has 3 fully saturated rings. The first kappa shape index (κ1) is 12.3. The van der Waals surface area contributed by atoms with Gasteiger partial charge in [0.1, 0.15) is 0 Å². The Balaban J connectivity index is 1.72. The first-order chi connectivity index (χ1) is 9.83. The average Bonchev–Trinajstić information content (AvgIpc) is 2.54. The van der Waals surface area contributed by atoms with Crippen LogP contribution in [-0.2, 0) is 0 Å². The zero-order chi connectivity index (χ0) is 13.5. The van der Waals surface area contributed by atoms with Gasteiger partial charge >= 0.3 is 0 Å². The van der Waals surface area contributed by atoms with Crippen molar-refractivity contribution in [2.75, 3.05) is 13.1 Å². The van der Waals surface area contributed by atoms with E-state index in [1.165, 1.54) is 12.8 Å². The molecular formula is C17H20N2O. The summed E-state index contributed by atoms with van der Waals surface area (Å²) in [7, 11) is 0. The Bertz CT molecular complexity index is 614. The highest BCUT2D eigenvalue weighted by atomic mass is 16.3. The highest BCUT2D eigenvalue weighted by Crippen LogP contribution is 2.38. The molecule has 1 aromatic carbocycles. The van der Waals surface area contributed by atoms with E-state index in [2.05, 4.69) is 16.0 Å². The van der Waals surface area contributed by atoms with E-state index in [1.54, 1.807) is 0 Å². The maximum Gasteiger partial charge on any atom is 0.0952 e. The second-order valence-corrected chi connectivity index (χ2v) is 6.14. The molecule has 0 spiro atoms. The smallest absolute Gasteiger partial charge is 0.0952 e. The van der Waals surface area contributed by atoms with Gasteiger partial charge in [-0.05, 0) is 56.0 Å². The maximum absolute atomic E-state index is 10.9. The predicted octanol–water partition coefficient (Wildman–Crippen LogP) is 2.75. The molecule has 104 valence electrons. The SMILES string of the molecule is O[C@@H](c1ccnc2ccccc12)[C@@H]1CC2CCN1CC2. The van der Waals surface area contributed by atoms with Crippen LogP contribution in [0.15, 0.2) is 36.5 Å². The summed E-state index contributed by atoms with van der Waals surface area (Å²) in [5.74, 6) is 0.813. The molecule has 3 saturated heterocycles. The van der Waals surface area contributed by atoms with E-state index in [-0.39, 0.29) is 6.04 Å². The summed E-state index contributed by atoms with van der Waals surface area (Å²) in [5, 5.41) is 12.0. The monoisotopic (exact) mass is 268 g/mol. The van der Waals surface area contributed by atoms with Crippen molar-refractivity contribution in [1.82, 2.24) is 9.88 Å². The van der Waals surface area contributed by atoms with Crippen LogP contribution in [0.5, 0.6) is 0 Å². The summed E-state index contributed by atoms with van der Waals surface area (Å²) in [6.07, 6.45) is 5.17. The van der Waals surface area contributed by atoms with Crippen molar-refractivity contribution in [1.29, 1.82) is 0 Å². The van der Waals surface area contributed by atoms with E-state index in [0.717, 1.165) is 41.9 Å². The van der Waals surface area contributed by atoms with Gasteiger partial charge < -0.3 is 5.11 Å². The average molecular weight is 268 g/mol. The predicted molar refractivity (Wildman–Crippen MR) is 79.4 cm³/mol. The molecule has 1 N–H and O–H groups in total. The molecule has 3 heteroatoms. The Kier molecular flexibility index (Phi) is 2.97. The van der Waals surface area contributed by atoms with E-state index in [4.69, 9.17) is 0 Å². The van der Waals surface area contributed by atoms with Gasteiger partial charge in [0.15, 0.2) is 0 Å². The minimum Gasteiger partial charge on any atom is -0.387 e. The quantitative estimate of drug-likeness (QED) is 0.910. The van der Waals surface area contributed by atoms with Gasteiger partial charge in [-0.3, -0.25) is 9.88 Å². The molecule has 0 saturated carbocycles. The van der Waals surface area contributed by atoms with Crippen LogP contribution in [0.4, 0.5) is 0 Å². The molecule has 3 nitrogen and oxygen atoms in total. The van der Waals surface area contributed by atoms with Gasteiger partial charge in [-0.15, -0.1) is 0 Å². The fourth-order valence-electron chi connectivity index (χ4n) is 3.92. The van der Waals surface area contributed by atoms with Gasteiger partial charge in [0.05, 0.1) is 11.6 Å². The van der Waals surface area contributed by atoms with Crippen molar-refractivity contribution in [2.24, 2.45) is 5.92 Å². The van der Waals surface area contributed by atoms with Crippen LogP contribution in [0, 0.1) is 5.92 Å². The number of fused-ring (bicyclic) bond motifs is 4. The molecule has 5 rings (SSSR count). The van der Waals surface area contributed by atoms with Gasteiger partial charge in [0, 0.05) is 17.6 Å². The summed E-state index contributed by atoms with van der Waals surface area (Å²) in [5.41, 5.74) is 2.01. The van der Waals surface area contributed by atoms with E-state index < -0.39 is 6.10 Å². The molecule has 20 heavy (non-hydrogen) atoms. The fourth-order valence-corrected chi connectivity index (χ4v) is 3.92. The standard InChI is InChI=1S/C17H20N2O/c20-17(16-11-12-6-9-19(16)10-7-12)14-5-8-18-15-4-2-1-3-13(14)15/h1-5,8,12,16-17,20H,6-7,9-11H2/t16-,17-/m0/s1. The summed E-state index contributed by atoms with van der Waals surface area (Å²) in [4.78, 5) is 6.86. The lowest BCUT2D eigenvalue weighted by molar-refractivity contribution is -0.0263. The molecular weight excluding hydrogens is 248 g/mol. The third-order valence-electron chi connectivity index (χ3n) is 5.06. The molecule has 4 heterocycles. The number of rotatable bonds is 2. The van der Waals surface area contributed by atoms with E-state index in [9.17, 15) is 5.11 Å². The van der Waals surface area contributed by atoms with Crippen molar-refractivity contribution in [3.05, 3.63) is 42.1 Å². The van der Waals surface area contributed by atoms with Gasteiger partial charge in [-0.1, -0.05) is 18.2 Å². The first-order valence-corrected chi connectivity index (χ1v) is 7.59. The zero-order valence-corrected chi connectivity index (χ0v) is 11.6. The van der Waals surface area contributed by atoms with Crippen LogP contribution in [-0.4, -0.2) is 34.1 Å². The van der Waals surface area contributed by atoms with Crippen LogP contribution in [0.2, 0.25) is 0 Å². The van der Waals surface area contributed by atoms with Crippen molar-refractivity contribution in [2.45, 2.75) is 31.4 Å². The van der Waals surface area contributed by atoms with Crippen LogP contribution >= 0.6 is 0 Å². The van der Waals surface area contributed by atoms with Crippen molar-refractivity contribution < 1.29 is 5.11 Å². The van der Waals surface area contributed by atoms with Crippen LogP contribution in [0.3, 0.4) is 0 Å². The number of nitrogens with zero attached hydrogens (tertiary/aromatic N) is 2. The van der Waals surface area contributed by atoms with Gasteiger partial charge in [0.2, 0.25) is 0 Å². The minimum absolute atomic E-state index is 0.285. The molecule has 3 aliphatic rings. The van der Waals surface area contributed by atoms with E-state index in [0.29, 0.717) is 0 Å². The number of aromatic nitrogens is 1. The third kappa shape index (κ3) is 1.93. The summed E-state index contributed by atoms with van der Waals surface area (Å²) < 4.78 is 0. The van der Waals surface area contributed by atoms with Crippen molar-refractivity contribution in [3.63, 3.8) is 0 Å². The Labute approximate surface area is 119 Å². The van der Waals surface area contributed by atoms with Gasteiger partial charge in [-0.25, -0.2) is 0 Å². The summed E-state index contributed by atoms with van der Waals surface area (Å²) in [6, 6.07) is 10.4. The molecule has 2 aromatic rings. The number of hydrogen-bond acceptors (Lipinski definition) is 3. The largest absolute Gasteiger partial charge is 0.387 e. The number of aliphatic hydroxyl groups is 1. The molecule has 0 amide bonds. The van der Waals surface area contributed by atoms with Gasteiger partial charge in [-0.2, -0.15) is 0 Å². The molecule has 0 radical (unpaired) electrons. The first-order valence-electron chi connectivity index (χ1n) is 7.59. The Morgan fingerprint density at radius 1 is 1.15 bits per heavy atom. The maximum atomic E-state index is 10.9. The fraction of sp³-hybridized carbons (Fsp3) is 0.471. The summed E-state index contributed by atoms with van der Waals surface area (Å²) in [6.45, 7) is 2.30. The third-order valence-corrected chi connectivity index (χ3v) is 5.06. The number of para-hydroxylation sites is 1. The summed E-state index contributed by atoms with van der Waals surface area (Å²) >= 11 is 0. The lowest BCUT2D eigenvalue weighted by atomic mass is 9.80. The Morgan fingerprint density at radius 2 is 1.95 bits per heavy atom. The minimum atomic E-state index is -0.397. The molecule has 2 atom stereocenters. The van der Waals surface area contributed by atoms with Crippen LogP contribution in [0.25, 0.3) is 10.9 Å². The van der Waals surface area contributed by atoms with Crippen LogP contribution in [0.1, 0.15) is 30.9 Å². The normalized spacial score (nSPS) is 30.6. The van der Waals surface area contributed by atoms with Crippen molar-refractivity contribution >= 4 is 10.9 Å². The van der Waals surface area contributed by atoms with Crippen LogP contribution < -0.4 is 0 Å². The molecule has 3 aliphatic heterocycles. The number of benzene rings is 1. The number of pyridine rings is 1. The number of piperidine rings is 3. The Hall–Kier alpha value is -1.45. The van der Waals surface area contributed by atoms with Gasteiger partial charge in [0.25, 0.3) is 0 Å². The topological polar surface area (TPSA) is 36.4 Å². The molecule has 0 unspecified atom stereocenters. The van der Waals surface area contributed by atoms with Crippen molar-refractivity contribution in [3.8, 4) is 0 Å². The Morgan fingerprint density at radius 3 is 2.70 bits per heavy atom. The number of hydrogen-bond donors (Lipinski definition) is 1. The highest BCUT2D eigenvalue weighted by Gasteiger charge is 2.38. The molecule has 0 aliphatic carbocycles. The highest BCUT2D eigenvalue weighted by molar-refractivity contribution is 5.82. The van der Waals surface area contributed by atoms with E-state index >= 15 is 0 Å². The second-order valence-electron chi connectivity index (χ2n) is 6.14. The lowest BCUT2D eigenvalue weighted by Crippen LogP contribution is -2.51. The zero-order valence-electron chi connectivity index (χ0n) is 11.6. The second kappa shape index (κ2) is 4.83. The lowest BCUT2D eigenvalue weighted by Gasteiger charge is -2.47. The number of aliphatic hydroxyl groups excluding tert-OH is 1. The van der Waals surface area contributed by atoms with E-state index in [1.807, 2.05) is 30.5 Å². The molecule has 2 bridgehead atoms.